The Bertz CT molecular complexity index is 116. The fourth-order valence-electron chi connectivity index (χ4n) is 1.49. The van der Waals surface area contributed by atoms with Crippen molar-refractivity contribution in [1.82, 2.24) is 5.32 Å². The van der Waals surface area contributed by atoms with E-state index in [2.05, 4.69) is 37.8 Å². The van der Waals surface area contributed by atoms with Gasteiger partial charge in [0.25, 0.3) is 0 Å². The molecule has 0 saturated carbocycles. The lowest BCUT2D eigenvalue weighted by Gasteiger charge is -2.19. The van der Waals surface area contributed by atoms with Crippen molar-refractivity contribution < 1.29 is 0 Å². The molecule has 3 unspecified atom stereocenters. The number of thioether (sulfide) groups is 1. The summed E-state index contributed by atoms with van der Waals surface area (Å²) in [7, 11) is 0. The fraction of sp³-hybridized carbons (Fsp3) is 1.00. The molecule has 0 amide bonds. The van der Waals surface area contributed by atoms with Gasteiger partial charge in [0.05, 0.1) is 0 Å². The van der Waals surface area contributed by atoms with Crippen LogP contribution >= 0.6 is 11.8 Å². The third-order valence-corrected chi connectivity index (χ3v) is 3.99. The van der Waals surface area contributed by atoms with E-state index in [0.29, 0.717) is 0 Å². The minimum Gasteiger partial charge on any atom is -0.313 e. The molecule has 1 aliphatic heterocycles. The summed E-state index contributed by atoms with van der Waals surface area (Å²) in [6.07, 6.45) is 1.26. The highest BCUT2D eigenvalue weighted by Crippen LogP contribution is 2.22. The van der Waals surface area contributed by atoms with Crippen LogP contribution in [0.2, 0.25) is 0 Å². The monoisotopic (exact) mass is 173 g/mol. The maximum atomic E-state index is 3.61. The van der Waals surface area contributed by atoms with E-state index in [4.69, 9.17) is 0 Å². The molecule has 1 nitrogen and oxygen atoms in total. The summed E-state index contributed by atoms with van der Waals surface area (Å²) in [6, 6.07) is 0.741. The van der Waals surface area contributed by atoms with E-state index in [-0.39, 0.29) is 0 Å². The average molecular weight is 173 g/mol. The van der Waals surface area contributed by atoms with Crippen LogP contribution < -0.4 is 5.32 Å². The van der Waals surface area contributed by atoms with Gasteiger partial charge in [-0.1, -0.05) is 20.8 Å². The minimum atomic E-state index is 0.741. The second-order valence-corrected chi connectivity index (χ2v) is 4.98. The predicted octanol–water partition coefficient (Wildman–Crippen LogP) is 2.13. The Morgan fingerprint density at radius 2 is 2.18 bits per heavy atom. The number of rotatable bonds is 1. The normalized spacial score (nSPS) is 40.1. The average Bonchev–Trinajstić information content (AvgIpc) is 2.15. The lowest BCUT2D eigenvalue weighted by molar-refractivity contribution is 0.466. The molecule has 0 bridgehead atoms. The molecule has 1 N–H and O–H groups in total. The van der Waals surface area contributed by atoms with E-state index in [9.17, 15) is 0 Å². The highest BCUT2D eigenvalue weighted by molar-refractivity contribution is 7.99. The van der Waals surface area contributed by atoms with Gasteiger partial charge in [-0.3, -0.25) is 0 Å². The van der Waals surface area contributed by atoms with Gasteiger partial charge in [-0.2, -0.15) is 11.8 Å². The molecule has 0 radical (unpaired) electrons. The van der Waals surface area contributed by atoms with Gasteiger partial charge < -0.3 is 5.32 Å². The second-order valence-electron chi connectivity index (χ2n) is 3.57. The van der Waals surface area contributed by atoms with Gasteiger partial charge in [0.1, 0.15) is 0 Å². The first-order chi connectivity index (χ1) is 5.24. The molecule has 1 heterocycles. The van der Waals surface area contributed by atoms with Crippen molar-refractivity contribution in [2.75, 3.05) is 12.3 Å². The Labute approximate surface area is 74.3 Å². The fourth-order valence-corrected chi connectivity index (χ4v) is 2.76. The first kappa shape index (κ1) is 9.40. The van der Waals surface area contributed by atoms with E-state index in [1.165, 1.54) is 18.7 Å². The molecule has 0 aromatic rings. The molecule has 0 spiro atoms. The summed E-state index contributed by atoms with van der Waals surface area (Å²) < 4.78 is 0. The number of hydrogen-bond donors (Lipinski definition) is 1. The van der Waals surface area contributed by atoms with Crippen LogP contribution in [0, 0.1) is 5.92 Å². The standard InChI is InChI=1S/C9H19NS/c1-4-9-8(3)11-6-7(2)5-10-9/h7-10H,4-6H2,1-3H3. The zero-order valence-electron chi connectivity index (χ0n) is 7.76. The van der Waals surface area contributed by atoms with Gasteiger partial charge in [-0.15, -0.1) is 0 Å². The summed E-state index contributed by atoms with van der Waals surface area (Å²) in [5.41, 5.74) is 0. The van der Waals surface area contributed by atoms with Crippen LogP contribution in [0.5, 0.6) is 0 Å². The first-order valence-corrected chi connectivity index (χ1v) is 5.64. The van der Waals surface area contributed by atoms with Crippen LogP contribution in [0.4, 0.5) is 0 Å². The van der Waals surface area contributed by atoms with Crippen molar-refractivity contribution in [3.05, 3.63) is 0 Å². The molecule has 0 aliphatic carbocycles. The predicted molar refractivity (Wildman–Crippen MR) is 53.2 cm³/mol. The lowest BCUT2D eigenvalue weighted by Crippen LogP contribution is -2.35. The van der Waals surface area contributed by atoms with Gasteiger partial charge in [-0.05, 0) is 24.6 Å². The second kappa shape index (κ2) is 4.36. The van der Waals surface area contributed by atoms with Crippen LogP contribution in [-0.4, -0.2) is 23.6 Å². The summed E-state index contributed by atoms with van der Waals surface area (Å²) >= 11 is 2.12. The molecule has 0 aromatic heterocycles. The molecule has 1 aliphatic rings. The summed E-state index contributed by atoms with van der Waals surface area (Å²) in [6.45, 7) is 8.13. The van der Waals surface area contributed by atoms with Crippen molar-refractivity contribution in [3.63, 3.8) is 0 Å². The van der Waals surface area contributed by atoms with E-state index in [1.807, 2.05) is 0 Å². The zero-order valence-corrected chi connectivity index (χ0v) is 8.58. The smallest absolute Gasteiger partial charge is 0.0181 e. The molecule has 1 saturated heterocycles. The Balaban J connectivity index is 2.41. The van der Waals surface area contributed by atoms with Crippen LogP contribution in [0.3, 0.4) is 0 Å². The van der Waals surface area contributed by atoms with Crippen molar-refractivity contribution in [3.8, 4) is 0 Å². The molecule has 0 aromatic carbocycles. The van der Waals surface area contributed by atoms with E-state index in [1.54, 1.807) is 0 Å². The minimum absolute atomic E-state index is 0.741. The van der Waals surface area contributed by atoms with Crippen LogP contribution in [0.15, 0.2) is 0 Å². The SMILES string of the molecule is CCC1NCC(C)CSC1C. The van der Waals surface area contributed by atoms with Crippen molar-refractivity contribution in [1.29, 1.82) is 0 Å². The van der Waals surface area contributed by atoms with Crippen molar-refractivity contribution in [2.45, 2.75) is 38.5 Å². The molecule has 1 rings (SSSR count). The maximum absolute atomic E-state index is 3.61. The van der Waals surface area contributed by atoms with Gasteiger partial charge in [0.2, 0.25) is 0 Å². The third-order valence-electron chi connectivity index (χ3n) is 2.38. The largest absolute Gasteiger partial charge is 0.313 e. The summed E-state index contributed by atoms with van der Waals surface area (Å²) in [4.78, 5) is 0. The van der Waals surface area contributed by atoms with Crippen molar-refractivity contribution >= 4 is 11.8 Å². The van der Waals surface area contributed by atoms with Crippen molar-refractivity contribution in [2.24, 2.45) is 5.92 Å². The van der Waals surface area contributed by atoms with Gasteiger partial charge in [0.15, 0.2) is 0 Å². The van der Waals surface area contributed by atoms with E-state index < -0.39 is 0 Å². The Morgan fingerprint density at radius 3 is 2.82 bits per heavy atom. The molecule has 1 fully saturated rings. The third kappa shape index (κ3) is 2.68. The maximum Gasteiger partial charge on any atom is 0.0181 e. The number of hydrogen-bond acceptors (Lipinski definition) is 2. The van der Waals surface area contributed by atoms with Crippen LogP contribution in [-0.2, 0) is 0 Å². The zero-order chi connectivity index (χ0) is 8.27. The lowest BCUT2D eigenvalue weighted by atomic mass is 10.1. The Hall–Kier alpha value is 0.310. The van der Waals surface area contributed by atoms with Gasteiger partial charge in [-0.25, -0.2) is 0 Å². The molecule has 3 atom stereocenters. The quantitative estimate of drug-likeness (QED) is 0.652. The van der Waals surface area contributed by atoms with Gasteiger partial charge >= 0.3 is 0 Å². The van der Waals surface area contributed by atoms with Crippen LogP contribution in [0.1, 0.15) is 27.2 Å². The summed E-state index contributed by atoms with van der Waals surface area (Å²) in [5, 5.41) is 4.41. The Morgan fingerprint density at radius 1 is 1.45 bits per heavy atom. The topological polar surface area (TPSA) is 12.0 Å². The molecule has 11 heavy (non-hydrogen) atoms. The van der Waals surface area contributed by atoms with E-state index >= 15 is 0 Å². The molecular weight excluding hydrogens is 154 g/mol. The first-order valence-electron chi connectivity index (χ1n) is 4.59. The molecule has 66 valence electrons. The molecular formula is C9H19NS. The summed E-state index contributed by atoms with van der Waals surface area (Å²) in [5.74, 6) is 2.17. The Kier molecular flexibility index (Phi) is 3.73. The van der Waals surface area contributed by atoms with Crippen LogP contribution in [0.25, 0.3) is 0 Å². The molecule has 2 heteroatoms. The highest BCUT2D eigenvalue weighted by atomic mass is 32.2. The highest BCUT2D eigenvalue weighted by Gasteiger charge is 2.20. The van der Waals surface area contributed by atoms with Gasteiger partial charge in [0, 0.05) is 11.3 Å². The number of nitrogens with one attached hydrogen (secondary N) is 1. The van der Waals surface area contributed by atoms with E-state index in [0.717, 1.165) is 17.2 Å².